The van der Waals surface area contributed by atoms with Gasteiger partial charge in [0.25, 0.3) is 0 Å². The van der Waals surface area contributed by atoms with Crippen LogP contribution in [0.15, 0.2) is 30.5 Å². The molecule has 19 heavy (non-hydrogen) atoms. The van der Waals surface area contributed by atoms with Crippen LogP contribution in [0.5, 0.6) is 5.75 Å². The highest BCUT2D eigenvalue weighted by atomic mass is 16.5. The predicted octanol–water partition coefficient (Wildman–Crippen LogP) is 2.52. The first-order valence-corrected chi connectivity index (χ1v) is 6.69. The third-order valence-electron chi connectivity index (χ3n) is 3.76. The molecule has 0 radical (unpaired) electrons. The molecule has 1 aliphatic heterocycles. The van der Waals surface area contributed by atoms with Crippen LogP contribution in [-0.2, 0) is 7.05 Å². The number of aromatic nitrogens is 2. The lowest BCUT2D eigenvalue weighted by atomic mass is 10.1. The second-order valence-corrected chi connectivity index (χ2v) is 4.94. The molecule has 1 aromatic heterocycles. The van der Waals surface area contributed by atoms with Crippen LogP contribution in [0.2, 0.25) is 0 Å². The van der Waals surface area contributed by atoms with Crippen molar-refractivity contribution in [2.24, 2.45) is 7.05 Å². The number of rotatable bonds is 3. The lowest BCUT2D eigenvalue weighted by molar-refractivity contribution is 0.415. The van der Waals surface area contributed by atoms with E-state index in [9.17, 15) is 0 Å². The van der Waals surface area contributed by atoms with Crippen LogP contribution in [0.4, 0.5) is 0 Å². The van der Waals surface area contributed by atoms with Crippen molar-refractivity contribution < 1.29 is 4.74 Å². The first-order valence-electron chi connectivity index (χ1n) is 6.69. The van der Waals surface area contributed by atoms with Gasteiger partial charge in [-0.2, -0.15) is 0 Å². The first kappa shape index (κ1) is 12.2. The van der Waals surface area contributed by atoms with Crippen molar-refractivity contribution in [3.8, 4) is 17.0 Å². The Hall–Kier alpha value is -1.81. The van der Waals surface area contributed by atoms with Crippen LogP contribution in [-0.4, -0.2) is 23.2 Å². The van der Waals surface area contributed by atoms with Gasteiger partial charge in [0.05, 0.1) is 25.0 Å². The van der Waals surface area contributed by atoms with E-state index in [-0.39, 0.29) is 0 Å². The average Bonchev–Trinajstić information content (AvgIpc) is 3.08. The average molecular weight is 257 g/mol. The highest BCUT2D eigenvalue weighted by molar-refractivity contribution is 5.61. The molecule has 3 rings (SSSR count). The van der Waals surface area contributed by atoms with E-state index in [1.807, 2.05) is 24.4 Å². The molecule has 100 valence electrons. The maximum absolute atomic E-state index is 5.28. The Morgan fingerprint density at radius 2 is 2.32 bits per heavy atom. The molecule has 1 atom stereocenters. The molecule has 1 unspecified atom stereocenters. The summed E-state index contributed by atoms with van der Waals surface area (Å²) in [5.41, 5.74) is 2.26. The van der Waals surface area contributed by atoms with Crippen molar-refractivity contribution in [3.05, 3.63) is 36.3 Å². The molecular formula is C15H19N3O. The Labute approximate surface area is 113 Å². The number of methoxy groups -OCH3 is 1. The standard InChI is InChI=1S/C15H19N3O/c1-18-14(11-5-3-6-12(9-11)19-2)10-17-15(18)13-7-4-8-16-13/h3,5-6,9-10,13,16H,4,7-8H2,1-2H3. The molecular weight excluding hydrogens is 238 g/mol. The summed E-state index contributed by atoms with van der Waals surface area (Å²) in [6.45, 7) is 1.09. The van der Waals surface area contributed by atoms with Crippen LogP contribution in [0.1, 0.15) is 24.7 Å². The smallest absolute Gasteiger partial charge is 0.126 e. The fourth-order valence-electron chi connectivity index (χ4n) is 2.70. The lowest BCUT2D eigenvalue weighted by Gasteiger charge is -2.12. The summed E-state index contributed by atoms with van der Waals surface area (Å²) < 4.78 is 7.46. The van der Waals surface area contributed by atoms with E-state index in [2.05, 4.69) is 28.0 Å². The molecule has 4 heteroatoms. The minimum absolute atomic E-state index is 0.393. The Kier molecular flexibility index (Phi) is 3.25. The van der Waals surface area contributed by atoms with E-state index >= 15 is 0 Å². The van der Waals surface area contributed by atoms with Crippen LogP contribution in [0, 0.1) is 0 Å². The number of ether oxygens (including phenoxy) is 1. The molecule has 0 saturated carbocycles. The third kappa shape index (κ3) is 2.24. The van der Waals surface area contributed by atoms with Gasteiger partial charge in [0.15, 0.2) is 0 Å². The number of nitrogens with one attached hydrogen (secondary N) is 1. The third-order valence-corrected chi connectivity index (χ3v) is 3.76. The molecule has 1 fully saturated rings. The number of hydrogen-bond acceptors (Lipinski definition) is 3. The van der Waals surface area contributed by atoms with Gasteiger partial charge in [-0.05, 0) is 31.5 Å². The molecule has 0 bridgehead atoms. The first-order chi connectivity index (χ1) is 9.29. The van der Waals surface area contributed by atoms with Gasteiger partial charge in [-0.15, -0.1) is 0 Å². The SMILES string of the molecule is COc1cccc(-c2cnc(C3CCCN3)n2C)c1. The summed E-state index contributed by atoms with van der Waals surface area (Å²) >= 11 is 0. The molecule has 2 heterocycles. The van der Waals surface area contributed by atoms with E-state index < -0.39 is 0 Å². The highest BCUT2D eigenvalue weighted by Crippen LogP contribution is 2.28. The zero-order valence-electron chi connectivity index (χ0n) is 11.4. The minimum atomic E-state index is 0.393. The molecule has 1 saturated heterocycles. The Morgan fingerprint density at radius 1 is 1.42 bits per heavy atom. The second-order valence-electron chi connectivity index (χ2n) is 4.94. The Bertz CT molecular complexity index is 571. The molecule has 0 aliphatic carbocycles. The maximum atomic E-state index is 5.28. The van der Waals surface area contributed by atoms with E-state index in [1.165, 1.54) is 12.8 Å². The molecule has 1 N–H and O–H groups in total. The molecule has 4 nitrogen and oxygen atoms in total. The Morgan fingerprint density at radius 3 is 3.05 bits per heavy atom. The quantitative estimate of drug-likeness (QED) is 0.918. The number of nitrogens with zero attached hydrogens (tertiary/aromatic N) is 2. The van der Waals surface area contributed by atoms with E-state index in [1.54, 1.807) is 7.11 Å². The topological polar surface area (TPSA) is 39.1 Å². The van der Waals surface area contributed by atoms with Gasteiger partial charge in [-0.25, -0.2) is 4.98 Å². The fraction of sp³-hybridized carbons (Fsp3) is 0.400. The van der Waals surface area contributed by atoms with Gasteiger partial charge in [-0.3, -0.25) is 0 Å². The zero-order valence-corrected chi connectivity index (χ0v) is 11.4. The van der Waals surface area contributed by atoms with Gasteiger partial charge >= 0.3 is 0 Å². The maximum Gasteiger partial charge on any atom is 0.126 e. The van der Waals surface area contributed by atoms with Gasteiger partial charge in [-0.1, -0.05) is 12.1 Å². The van der Waals surface area contributed by atoms with Crippen molar-refractivity contribution in [2.75, 3.05) is 13.7 Å². The molecule has 0 amide bonds. The largest absolute Gasteiger partial charge is 0.497 e. The molecule has 2 aromatic rings. The van der Waals surface area contributed by atoms with Crippen molar-refractivity contribution in [1.29, 1.82) is 0 Å². The lowest BCUT2D eigenvalue weighted by Crippen LogP contribution is -2.17. The molecule has 1 aliphatic rings. The van der Waals surface area contributed by atoms with Crippen LogP contribution >= 0.6 is 0 Å². The van der Waals surface area contributed by atoms with E-state index in [0.717, 1.165) is 29.4 Å². The van der Waals surface area contributed by atoms with Gasteiger partial charge in [0.2, 0.25) is 0 Å². The van der Waals surface area contributed by atoms with E-state index in [4.69, 9.17) is 4.74 Å². The summed E-state index contributed by atoms with van der Waals surface area (Å²) in [4.78, 5) is 4.59. The zero-order chi connectivity index (χ0) is 13.2. The summed E-state index contributed by atoms with van der Waals surface area (Å²) in [6.07, 6.45) is 4.35. The fourth-order valence-corrected chi connectivity index (χ4v) is 2.70. The van der Waals surface area contributed by atoms with Gasteiger partial charge < -0.3 is 14.6 Å². The minimum Gasteiger partial charge on any atom is -0.497 e. The number of benzene rings is 1. The Balaban J connectivity index is 1.96. The van der Waals surface area contributed by atoms with Crippen LogP contribution < -0.4 is 10.1 Å². The normalized spacial score (nSPS) is 18.7. The summed E-state index contributed by atoms with van der Waals surface area (Å²) in [7, 11) is 3.77. The number of imidazole rings is 1. The van der Waals surface area contributed by atoms with Crippen LogP contribution in [0.3, 0.4) is 0 Å². The molecule has 0 spiro atoms. The van der Waals surface area contributed by atoms with Crippen LogP contribution in [0.25, 0.3) is 11.3 Å². The van der Waals surface area contributed by atoms with Crippen molar-refractivity contribution in [1.82, 2.24) is 14.9 Å². The summed E-state index contributed by atoms with van der Waals surface area (Å²) in [5.74, 6) is 1.99. The van der Waals surface area contributed by atoms with Crippen molar-refractivity contribution in [3.63, 3.8) is 0 Å². The number of hydrogen-bond donors (Lipinski definition) is 1. The van der Waals surface area contributed by atoms with Crippen molar-refractivity contribution >= 4 is 0 Å². The summed E-state index contributed by atoms with van der Waals surface area (Å²) in [5, 5.41) is 3.49. The van der Waals surface area contributed by atoms with Crippen molar-refractivity contribution in [2.45, 2.75) is 18.9 Å². The molecule has 1 aromatic carbocycles. The summed E-state index contributed by atoms with van der Waals surface area (Å²) in [6, 6.07) is 8.49. The van der Waals surface area contributed by atoms with Gasteiger partial charge in [0.1, 0.15) is 11.6 Å². The highest BCUT2D eigenvalue weighted by Gasteiger charge is 2.21. The predicted molar refractivity (Wildman–Crippen MR) is 75.2 cm³/mol. The second kappa shape index (κ2) is 5.05. The van der Waals surface area contributed by atoms with Gasteiger partial charge in [0, 0.05) is 12.6 Å². The van der Waals surface area contributed by atoms with E-state index in [0.29, 0.717) is 6.04 Å². The monoisotopic (exact) mass is 257 g/mol.